The summed E-state index contributed by atoms with van der Waals surface area (Å²) in [5.74, 6) is 1.06. The van der Waals surface area contributed by atoms with E-state index in [4.69, 9.17) is 4.52 Å². The van der Waals surface area contributed by atoms with Crippen molar-refractivity contribution in [3.63, 3.8) is 0 Å². The smallest absolute Gasteiger partial charge is 0.137 e. The number of aliphatic hydroxyl groups is 1. The Morgan fingerprint density at radius 1 is 1.35 bits per heavy atom. The fourth-order valence-corrected chi connectivity index (χ4v) is 3.56. The predicted molar refractivity (Wildman–Crippen MR) is 88.0 cm³/mol. The van der Waals surface area contributed by atoms with Gasteiger partial charge in [-0.3, -0.25) is 4.90 Å². The number of aliphatic hydroxyl groups excluding tert-OH is 1. The summed E-state index contributed by atoms with van der Waals surface area (Å²) in [5.41, 5.74) is 3.36. The van der Waals surface area contributed by atoms with E-state index in [1.807, 2.05) is 19.2 Å². The van der Waals surface area contributed by atoms with Gasteiger partial charge in [0.25, 0.3) is 0 Å². The molecule has 5 heteroatoms. The number of H-pyrrole nitrogens is 1. The van der Waals surface area contributed by atoms with Crippen LogP contribution in [0.4, 0.5) is 0 Å². The van der Waals surface area contributed by atoms with Crippen molar-refractivity contribution in [3.8, 4) is 0 Å². The van der Waals surface area contributed by atoms with E-state index in [9.17, 15) is 5.11 Å². The molecule has 1 aliphatic rings. The van der Waals surface area contributed by atoms with Crippen LogP contribution in [-0.4, -0.2) is 39.3 Å². The molecule has 0 radical (unpaired) electrons. The number of β-amino-alcohol motifs (C(OH)–C–C–N with tert-alkyl or cyclic N) is 1. The molecule has 1 fully saturated rings. The third-order valence-electron chi connectivity index (χ3n) is 4.69. The summed E-state index contributed by atoms with van der Waals surface area (Å²) < 4.78 is 5.29. The van der Waals surface area contributed by atoms with E-state index in [-0.39, 0.29) is 12.0 Å². The maximum Gasteiger partial charge on any atom is 0.137 e. The maximum atomic E-state index is 10.4. The van der Waals surface area contributed by atoms with Gasteiger partial charge in [0, 0.05) is 49.8 Å². The van der Waals surface area contributed by atoms with Crippen LogP contribution in [0.2, 0.25) is 0 Å². The summed E-state index contributed by atoms with van der Waals surface area (Å²) in [6.07, 6.45) is 2.40. The Balaban J connectivity index is 1.46. The molecule has 2 aromatic heterocycles. The third kappa shape index (κ3) is 2.90. The zero-order valence-corrected chi connectivity index (χ0v) is 13.2. The van der Waals surface area contributed by atoms with Crippen molar-refractivity contribution in [2.75, 3.05) is 13.1 Å². The lowest BCUT2D eigenvalue weighted by Gasteiger charge is -2.16. The highest BCUT2D eigenvalue weighted by atomic mass is 16.5. The molecule has 0 spiro atoms. The number of benzene rings is 1. The van der Waals surface area contributed by atoms with Crippen molar-refractivity contribution in [2.45, 2.75) is 26.0 Å². The van der Waals surface area contributed by atoms with Crippen LogP contribution in [0.25, 0.3) is 10.9 Å². The number of likely N-dealkylation sites (tertiary alicyclic amines) is 1. The van der Waals surface area contributed by atoms with Gasteiger partial charge in [-0.2, -0.15) is 0 Å². The molecule has 0 saturated carbocycles. The Morgan fingerprint density at radius 3 is 3.09 bits per heavy atom. The van der Waals surface area contributed by atoms with Crippen LogP contribution >= 0.6 is 0 Å². The molecule has 5 nitrogen and oxygen atoms in total. The number of aryl methyl sites for hydroxylation is 1. The van der Waals surface area contributed by atoms with Crippen LogP contribution in [0, 0.1) is 12.8 Å². The van der Waals surface area contributed by atoms with E-state index in [2.05, 4.69) is 39.3 Å². The predicted octanol–water partition coefficient (Wildman–Crippen LogP) is 2.50. The van der Waals surface area contributed by atoms with Crippen LogP contribution in [0.5, 0.6) is 0 Å². The Kier molecular flexibility index (Phi) is 3.67. The molecule has 1 saturated heterocycles. The Hall–Kier alpha value is -2.11. The average molecular weight is 311 g/mol. The van der Waals surface area contributed by atoms with Gasteiger partial charge in [0.15, 0.2) is 0 Å². The lowest BCUT2D eigenvalue weighted by Crippen LogP contribution is -2.21. The number of nitrogens with one attached hydrogen (secondary N) is 1. The van der Waals surface area contributed by atoms with Crippen molar-refractivity contribution >= 4 is 10.9 Å². The average Bonchev–Trinajstić information content (AvgIpc) is 3.22. The number of para-hydroxylation sites is 1. The zero-order valence-electron chi connectivity index (χ0n) is 13.2. The maximum absolute atomic E-state index is 10.4. The number of aromatic amines is 1. The quantitative estimate of drug-likeness (QED) is 0.777. The van der Waals surface area contributed by atoms with Crippen LogP contribution in [0.3, 0.4) is 0 Å². The Labute approximate surface area is 134 Å². The van der Waals surface area contributed by atoms with Crippen molar-refractivity contribution in [1.29, 1.82) is 0 Å². The van der Waals surface area contributed by atoms with Crippen molar-refractivity contribution in [3.05, 3.63) is 53.5 Å². The van der Waals surface area contributed by atoms with E-state index in [1.54, 1.807) is 0 Å². The van der Waals surface area contributed by atoms with Gasteiger partial charge in [-0.1, -0.05) is 23.4 Å². The number of aromatic nitrogens is 2. The summed E-state index contributed by atoms with van der Waals surface area (Å²) in [6.45, 7) is 4.34. The first-order valence-electron chi connectivity index (χ1n) is 8.06. The number of rotatable bonds is 4. The first-order chi connectivity index (χ1) is 11.2. The molecule has 1 aromatic carbocycles. The molecular formula is C18H21N3O2. The molecule has 4 rings (SSSR count). The monoisotopic (exact) mass is 311 g/mol. The third-order valence-corrected chi connectivity index (χ3v) is 4.69. The topological polar surface area (TPSA) is 65.3 Å². The minimum Gasteiger partial charge on any atom is -0.391 e. The van der Waals surface area contributed by atoms with Gasteiger partial charge >= 0.3 is 0 Å². The normalized spacial score (nSPS) is 22.2. The molecule has 2 atom stereocenters. The number of nitrogens with zero attached hydrogens (tertiary/aromatic N) is 2. The molecule has 1 aliphatic heterocycles. The van der Waals surface area contributed by atoms with Gasteiger partial charge in [-0.25, -0.2) is 0 Å². The van der Waals surface area contributed by atoms with Crippen LogP contribution in [0.1, 0.15) is 17.0 Å². The van der Waals surface area contributed by atoms with Crippen LogP contribution in [0.15, 0.2) is 41.1 Å². The largest absolute Gasteiger partial charge is 0.391 e. The molecule has 0 amide bonds. The van der Waals surface area contributed by atoms with Crippen molar-refractivity contribution in [2.24, 2.45) is 5.92 Å². The second-order valence-electron chi connectivity index (χ2n) is 6.52. The molecule has 23 heavy (non-hydrogen) atoms. The highest BCUT2D eigenvalue weighted by Gasteiger charge is 2.32. The molecule has 3 aromatic rings. The van der Waals surface area contributed by atoms with Gasteiger partial charge in [0.2, 0.25) is 0 Å². The summed E-state index contributed by atoms with van der Waals surface area (Å²) >= 11 is 0. The number of hydrogen-bond donors (Lipinski definition) is 2. The van der Waals surface area contributed by atoms with Gasteiger partial charge < -0.3 is 14.6 Å². The number of fused-ring (bicyclic) bond motifs is 1. The molecule has 0 bridgehead atoms. The van der Waals surface area contributed by atoms with Crippen LogP contribution in [-0.2, 0) is 13.0 Å². The fourth-order valence-electron chi connectivity index (χ4n) is 3.56. The molecule has 3 heterocycles. The Bertz CT molecular complexity index is 807. The minimum atomic E-state index is -0.316. The highest BCUT2D eigenvalue weighted by Crippen LogP contribution is 2.25. The summed E-state index contributed by atoms with van der Waals surface area (Å²) in [6, 6.07) is 10.4. The van der Waals surface area contributed by atoms with Gasteiger partial charge in [0.1, 0.15) is 5.76 Å². The van der Waals surface area contributed by atoms with E-state index in [0.717, 1.165) is 31.0 Å². The highest BCUT2D eigenvalue weighted by molar-refractivity contribution is 5.82. The molecule has 0 unspecified atom stereocenters. The van der Waals surface area contributed by atoms with Crippen molar-refractivity contribution in [1.82, 2.24) is 15.0 Å². The minimum absolute atomic E-state index is 0.199. The standard InChI is InChI=1S/C18H21N3O2/c1-12-7-16(23-20-12)8-15-10-21(11-17(15)22)9-14-4-2-3-13-5-6-19-18(13)14/h2-7,15,17,19,22H,8-11H2,1H3/t15-,17-/m1/s1. The van der Waals surface area contributed by atoms with E-state index >= 15 is 0 Å². The molecule has 2 N–H and O–H groups in total. The lowest BCUT2D eigenvalue weighted by atomic mass is 10.0. The molecule has 0 aliphatic carbocycles. The first-order valence-corrected chi connectivity index (χ1v) is 8.06. The summed E-state index contributed by atoms with van der Waals surface area (Å²) in [7, 11) is 0. The SMILES string of the molecule is Cc1cc(C[C@@H]2CN(Cc3cccc4cc[nH]c34)C[C@H]2O)on1. The van der Waals surface area contributed by atoms with Crippen molar-refractivity contribution < 1.29 is 9.63 Å². The Morgan fingerprint density at radius 2 is 2.26 bits per heavy atom. The van der Waals surface area contributed by atoms with Gasteiger partial charge in [0.05, 0.1) is 11.8 Å². The second kappa shape index (κ2) is 5.83. The lowest BCUT2D eigenvalue weighted by molar-refractivity contribution is 0.137. The molecule has 120 valence electrons. The van der Waals surface area contributed by atoms with E-state index in [0.29, 0.717) is 6.54 Å². The number of hydrogen-bond acceptors (Lipinski definition) is 4. The zero-order chi connectivity index (χ0) is 15.8. The molecular weight excluding hydrogens is 290 g/mol. The summed E-state index contributed by atoms with van der Waals surface area (Å²) in [4.78, 5) is 5.63. The van der Waals surface area contributed by atoms with Crippen LogP contribution < -0.4 is 0 Å². The fraction of sp³-hybridized carbons (Fsp3) is 0.389. The van der Waals surface area contributed by atoms with E-state index in [1.165, 1.54) is 16.5 Å². The second-order valence-corrected chi connectivity index (χ2v) is 6.52. The van der Waals surface area contributed by atoms with E-state index < -0.39 is 0 Å². The summed E-state index contributed by atoms with van der Waals surface area (Å²) in [5, 5.41) is 15.5. The van der Waals surface area contributed by atoms with Gasteiger partial charge in [-0.15, -0.1) is 0 Å². The van der Waals surface area contributed by atoms with Gasteiger partial charge in [-0.05, 0) is 23.9 Å². The first kappa shape index (κ1) is 14.5.